The molecular weight excluding hydrogens is 212 g/mol. The number of nitrogens with zero attached hydrogens (tertiary/aromatic N) is 3. The van der Waals surface area contributed by atoms with Crippen molar-refractivity contribution in [3.05, 3.63) is 53.1 Å². The first-order chi connectivity index (χ1) is 8.16. The summed E-state index contributed by atoms with van der Waals surface area (Å²) in [5.41, 5.74) is 10.3. The summed E-state index contributed by atoms with van der Waals surface area (Å²) in [6.45, 7) is 3.86. The molecule has 4 heteroatoms. The van der Waals surface area contributed by atoms with Crippen molar-refractivity contribution in [3.8, 4) is 0 Å². The molecule has 1 atom stereocenters. The lowest BCUT2D eigenvalue weighted by Gasteiger charge is -2.14. The smallest absolute Gasteiger partial charge is 0.0648 e. The summed E-state index contributed by atoms with van der Waals surface area (Å²) < 4.78 is 0. The van der Waals surface area contributed by atoms with Crippen molar-refractivity contribution in [2.45, 2.75) is 26.3 Å². The van der Waals surface area contributed by atoms with Gasteiger partial charge in [-0.05, 0) is 49.6 Å². The van der Waals surface area contributed by atoms with E-state index in [4.69, 9.17) is 5.73 Å². The van der Waals surface area contributed by atoms with Crippen LogP contribution >= 0.6 is 0 Å². The third kappa shape index (κ3) is 2.85. The third-order valence-corrected chi connectivity index (χ3v) is 2.74. The molecule has 88 valence electrons. The Kier molecular flexibility index (Phi) is 3.44. The average molecular weight is 228 g/mol. The monoisotopic (exact) mass is 228 g/mol. The van der Waals surface area contributed by atoms with Gasteiger partial charge in [-0.25, -0.2) is 0 Å². The molecule has 2 N–H and O–H groups in total. The lowest BCUT2D eigenvalue weighted by Crippen LogP contribution is -2.16. The van der Waals surface area contributed by atoms with Gasteiger partial charge in [-0.3, -0.25) is 4.98 Å². The molecule has 0 saturated heterocycles. The predicted octanol–water partition coefficient (Wildman–Crippen LogP) is 1.73. The second-order valence-electron chi connectivity index (χ2n) is 4.19. The number of rotatable bonds is 3. The highest BCUT2D eigenvalue weighted by Gasteiger charge is 2.11. The summed E-state index contributed by atoms with van der Waals surface area (Å²) in [6.07, 6.45) is 4.35. The van der Waals surface area contributed by atoms with Crippen molar-refractivity contribution in [2.75, 3.05) is 0 Å². The Hall–Kier alpha value is -1.81. The molecule has 17 heavy (non-hydrogen) atoms. The molecule has 1 unspecified atom stereocenters. The molecular formula is C13H16N4. The summed E-state index contributed by atoms with van der Waals surface area (Å²) in [4.78, 5) is 3.99. The second-order valence-corrected chi connectivity index (χ2v) is 4.19. The van der Waals surface area contributed by atoms with E-state index < -0.39 is 0 Å². The molecule has 0 radical (unpaired) electrons. The average Bonchev–Trinajstić information content (AvgIpc) is 2.33. The fourth-order valence-corrected chi connectivity index (χ4v) is 1.83. The normalized spacial score (nSPS) is 12.4. The first-order valence-corrected chi connectivity index (χ1v) is 5.62. The number of nitrogens with two attached hydrogens (primary N) is 1. The Balaban J connectivity index is 2.20. The molecule has 2 aromatic rings. The molecule has 2 aromatic heterocycles. The maximum absolute atomic E-state index is 6.21. The van der Waals surface area contributed by atoms with Gasteiger partial charge in [0, 0.05) is 18.4 Å². The molecule has 0 bridgehead atoms. The van der Waals surface area contributed by atoms with Crippen LogP contribution in [-0.4, -0.2) is 15.2 Å². The fourth-order valence-electron chi connectivity index (χ4n) is 1.83. The van der Waals surface area contributed by atoms with Crippen molar-refractivity contribution >= 4 is 0 Å². The van der Waals surface area contributed by atoms with Gasteiger partial charge in [0.05, 0.1) is 11.4 Å². The molecule has 0 saturated carbocycles. The Morgan fingerprint density at radius 1 is 1.18 bits per heavy atom. The molecule has 0 amide bonds. The fraction of sp³-hybridized carbons (Fsp3) is 0.308. The Labute approximate surface area is 101 Å². The van der Waals surface area contributed by atoms with E-state index in [9.17, 15) is 0 Å². The molecule has 2 rings (SSSR count). The molecule has 0 spiro atoms. The van der Waals surface area contributed by atoms with Gasteiger partial charge in [0.25, 0.3) is 0 Å². The van der Waals surface area contributed by atoms with Crippen molar-refractivity contribution in [2.24, 2.45) is 5.73 Å². The molecule has 0 aliphatic rings. The van der Waals surface area contributed by atoms with Crippen molar-refractivity contribution < 1.29 is 0 Å². The Bertz CT molecular complexity index is 496. The first kappa shape index (κ1) is 11.7. The van der Waals surface area contributed by atoms with Crippen LogP contribution in [0.15, 0.2) is 30.6 Å². The number of hydrogen-bond donors (Lipinski definition) is 1. The zero-order valence-corrected chi connectivity index (χ0v) is 10.1. The van der Waals surface area contributed by atoms with Crippen LogP contribution in [0, 0.1) is 13.8 Å². The summed E-state index contributed by atoms with van der Waals surface area (Å²) in [6, 6.07) is 5.92. The molecule has 4 nitrogen and oxygen atoms in total. The number of aromatic nitrogens is 3. The van der Waals surface area contributed by atoms with E-state index in [1.165, 1.54) is 5.56 Å². The van der Waals surface area contributed by atoms with Crippen molar-refractivity contribution in [1.82, 2.24) is 15.2 Å². The Morgan fingerprint density at radius 2 is 1.88 bits per heavy atom. The summed E-state index contributed by atoms with van der Waals surface area (Å²) >= 11 is 0. The lowest BCUT2D eigenvalue weighted by molar-refractivity contribution is 0.699. The molecule has 0 aliphatic carbocycles. The van der Waals surface area contributed by atoms with Crippen LogP contribution in [0.4, 0.5) is 0 Å². The first-order valence-electron chi connectivity index (χ1n) is 5.62. The minimum absolute atomic E-state index is 0.0494. The van der Waals surface area contributed by atoms with E-state index >= 15 is 0 Å². The van der Waals surface area contributed by atoms with Crippen LogP contribution in [-0.2, 0) is 6.42 Å². The number of hydrogen-bond acceptors (Lipinski definition) is 4. The van der Waals surface area contributed by atoms with Gasteiger partial charge in [0.2, 0.25) is 0 Å². The van der Waals surface area contributed by atoms with E-state index in [2.05, 4.69) is 15.2 Å². The van der Waals surface area contributed by atoms with Crippen molar-refractivity contribution in [1.29, 1.82) is 0 Å². The third-order valence-electron chi connectivity index (χ3n) is 2.74. The van der Waals surface area contributed by atoms with Gasteiger partial charge in [0.15, 0.2) is 0 Å². The topological polar surface area (TPSA) is 64.7 Å². The standard InChI is InChI=1S/C13H16N4/c1-9-7-12(10(2)17-16-9)13(14)8-11-3-5-15-6-4-11/h3-7,13H,8,14H2,1-2H3. The van der Waals surface area contributed by atoms with E-state index in [0.717, 1.165) is 23.4 Å². The van der Waals surface area contributed by atoms with Gasteiger partial charge in [-0.2, -0.15) is 10.2 Å². The van der Waals surface area contributed by atoms with E-state index in [1.54, 1.807) is 12.4 Å². The zero-order chi connectivity index (χ0) is 12.3. The predicted molar refractivity (Wildman–Crippen MR) is 66.4 cm³/mol. The van der Waals surface area contributed by atoms with Crippen LogP contribution in [0.2, 0.25) is 0 Å². The highest BCUT2D eigenvalue weighted by molar-refractivity contribution is 5.25. The van der Waals surface area contributed by atoms with Crippen LogP contribution in [0.1, 0.15) is 28.6 Å². The molecule has 0 aliphatic heterocycles. The number of pyridine rings is 1. The van der Waals surface area contributed by atoms with E-state index in [1.807, 2.05) is 32.0 Å². The second kappa shape index (κ2) is 5.01. The van der Waals surface area contributed by atoms with Crippen LogP contribution in [0.3, 0.4) is 0 Å². The van der Waals surface area contributed by atoms with Gasteiger partial charge in [-0.1, -0.05) is 0 Å². The quantitative estimate of drug-likeness (QED) is 0.869. The van der Waals surface area contributed by atoms with Gasteiger partial charge in [0.1, 0.15) is 0 Å². The van der Waals surface area contributed by atoms with E-state index in [0.29, 0.717) is 0 Å². The zero-order valence-electron chi connectivity index (χ0n) is 10.1. The maximum atomic E-state index is 6.21. The lowest BCUT2D eigenvalue weighted by atomic mass is 9.99. The summed E-state index contributed by atoms with van der Waals surface area (Å²) in [7, 11) is 0. The number of aryl methyl sites for hydroxylation is 2. The molecule has 0 fully saturated rings. The van der Waals surface area contributed by atoms with Crippen LogP contribution in [0.25, 0.3) is 0 Å². The van der Waals surface area contributed by atoms with Gasteiger partial charge >= 0.3 is 0 Å². The summed E-state index contributed by atoms with van der Waals surface area (Å²) in [5, 5.41) is 8.11. The minimum Gasteiger partial charge on any atom is -0.324 e. The maximum Gasteiger partial charge on any atom is 0.0648 e. The van der Waals surface area contributed by atoms with Crippen molar-refractivity contribution in [3.63, 3.8) is 0 Å². The van der Waals surface area contributed by atoms with Gasteiger partial charge < -0.3 is 5.73 Å². The Morgan fingerprint density at radius 3 is 2.59 bits per heavy atom. The molecule has 2 heterocycles. The van der Waals surface area contributed by atoms with Crippen LogP contribution in [0.5, 0.6) is 0 Å². The largest absolute Gasteiger partial charge is 0.324 e. The SMILES string of the molecule is Cc1cc(C(N)Cc2ccncc2)c(C)nn1. The van der Waals surface area contributed by atoms with E-state index in [-0.39, 0.29) is 6.04 Å². The highest BCUT2D eigenvalue weighted by Crippen LogP contribution is 2.18. The highest BCUT2D eigenvalue weighted by atomic mass is 15.1. The summed E-state index contributed by atoms with van der Waals surface area (Å²) in [5.74, 6) is 0. The molecule has 0 aromatic carbocycles. The van der Waals surface area contributed by atoms with Gasteiger partial charge in [-0.15, -0.1) is 0 Å². The van der Waals surface area contributed by atoms with Crippen LogP contribution < -0.4 is 5.73 Å². The minimum atomic E-state index is -0.0494.